The largest absolute Gasteiger partial charge is 0.382 e. The third-order valence-corrected chi connectivity index (χ3v) is 2.39. The van der Waals surface area contributed by atoms with Crippen LogP contribution in [0.15, 0.2) is 40.5 Å². The van der Waals surface area contributed by atoms with Gasteiger partial charge in [0.1, 0.15) is 11.6 Å². The van der Waals surface area contributed by atoms with E-state index in [1.807, 2.05) is 6.07 Å². The van der Waals surface area contributed by atoms with Crippen LogP contribution in [0.1, 0.15) is 10.4 Å². The Morgan fingerprint density at radius 2 is 1.94 bits per heavy atom. The number of nitrogens with zero attached hydrogens (tertiary/aromatic N) is 2. The van der Waals surface area contributed by atoms with Crippen LogP contribution in [0.5, 0.6) is 0 Å². The van der Waals surface area contributed by atoms with Gasteiger partial charge in [0.05, 0.1) is 0 Å². The number of nitriles is 1. The summed E-state index contributed by atoms with van der Waals surface area (Å²) in [6.07, 6.45) is 1.52. The number of allylic oxidation sites excluding steroid dienone is 1. The molecular formula is C12H11BrN2O. The zero-order chi connectivity index (χ0) is 12.1. The topological polar surface area (TPSA) is 44.1 Å². The minimum absolute atomic E-state index is 0.132. The van der Waals surface area contributed by atoms with Crippen LogP contribution in [0, 0.1) is 11.3 Å². The minimum Gasteiger partial charge on any atom is -0.382 e. The van der Waals surface area contributed by atoms with Crippen molar-refractivity contribution in [3.05, 3.63) is 46.1 Å². The average molecular weight is 279 g/mol. The number of hydrogen-bond donors (Lipinski definition) is 0. The summed E-state index contributed by atoms with van der Waals surface area (Å²) in [6, 6.07) is 8.83. The van der Waals surface area contributed by atoms with Crippen LogP contribution in [0.3, 0.4) is 0 Å². The van der Waals surface area contributed by atoms with Crippen LogP contribution in [0.2, 0.25) is 0 Å². The Kier molecular flexibility index (Phi) is 4.27. The SMILES string of the molecule is CN(C)C=C(C#N)C(=O)c1ccc(Br)cc1. The highest BCUT2D eigenvalue weighted by Crippen LogP contribution is 2.13. The van der Waals surface area contributed by atoms with Gasteiger partial charge in [0.25, 0.3) is 0 Å². The summed E-state index contributed by atoms with van der Waals surface area (Å²) >= 11 is 3.29. The number of halogens is 1. The summed E-state index contributed by atoms with van der Waals surface area (Å²) in [5.41, 5.74) is 0.644. The molecule has 0 spiro atoms. The van der Waals surface area contributed by atoms with Crippen LogP contribution in [0.25, 0.3) is 0 Å². The lowest BCUT2D eigenvalue weighted by molar-refractivity contribution is 0.103. The van der Waals surface area contributed by atoms with E-state index in [-0.39, 0.29) is 11.4 Å². The fraction of sp³-hybridized carbons (Fsp3) is 0.167. The Labute approximate surface area is 103 Å². The molecule has 3 nitrogen and oxygen atoms in total. The van der Waals surface area contributed by atoms with Crippen molar-refractivity contribution in [1.29, 1.82) is 5.26 Å². The fourth-order valence-corrected chi connectivity index (χ4v) is 1.42. The quantitative estimate of drug-likeness (QED) is 0.485. The molecule has 1 aromatic rings. The lowest BCUT2D eigenvalue weighted by Crippen LogP contribution is -2.08. The Bertz CT molecular complexity index is 455. The maximum Gasteiger partial charge on any atom is 0.205 e. The maximum atomic E-state index is 11.9. The van der Waals surface area contributed by atoms with Crippen LogP contribution < -0.4 is 0 Å². The molecule has 16 heavy (non-hydrogen) atoms. The molecule has 0 atom stereocenters. The second-order valence-electron chi connectivity index (χ2n) is 3.45. The number of carbonyl (C=O) groups excluding carboxylic acids is 1. The molecule has 0 amide bonds. The van der Waals surface area contributed by atoms with E-state index in [0.717, 1.165) is 4.47 Å². The van der Waals surface area contributed by atoms with Gasteiger partial charge < -0.3 is 4.90 Å². The van der Waals surface area contributed by atoms with Crippen molar-refractivity contribution in [2.24, 2.45) is 0 Å². The smallest absolute Gasteiger partial charge is 0.205 e. The molecule has 0 heterocycles. The van der Waals surface area contributed by atoms with Crippen LogP contribution in [0.4, 0.5) is 0 Å². The third kappa shape index (κ3) is 3.21. The van der Waals surface area contributed by atoms with Gasteiger partial charge >= 0.3 is 0 Å². The monoisotopic (exact) mass is 278 g/mol. The van der Waals surface area contributed by atoms with Gasteiger partial charge in [-0.25, -0.2) is 0 Å². The van der Waals surface area contributed by atoms with E-state index in [0.29, 0.717) is 5.56 Å². The Hall–Kier alpha value is -1.60. The van der Waals surface area contributed by atoms with Crippen molar-refractivity contribution < 1.29 is 4.79 Å². The standard InChI is InChI=1S/C12H11BrN2O/c1-15(2)8-10(7-14)12(16)9-3-5-11(13)6-4-9/h3-6,8H,1-2H3. The van der Waals surface area contributed by atoms with Crippen molar-refractivity contribution >= 4 is 21.7 Å². The summed E-state index contributed by atoms with van der Waals surface area (Å²) in [5, 5.41) is 8.89. The van der Waals surface area contributed by atoms with E-state index >= 15 is 0 Å². The van der Waals surface area contributed by atoms with Gasteiger partial charge in [0, 0.05) is 30.3 Å². The number of carbonyl (C=O) groups is 1. The zero-order valence-corrected chi connectivity index (χ0v) is 10.7. The Balaban J connectivity index is 3.02. The van der Waals surface area contributed by atoms with Gasteiger partial charge in [0.2, 0.25) is 5.78 Å². The predicted molar refractivity (Wildman–Crippen MR) is 65.9 cm³/mol. The first-order valence-corrected chi connectivity index (χ1v) is 5.42. The lowest BCUT2D eigenvalue weighted by atomic mass is 10.1. The number of ketones is 1. The lowest BCUT2D eigenvalue weighted by Gasteiger charge is -2.05. The number of benzene rings is 1. The number of hydrogen-bond acceptors (Lipinski definition) is 3. The second kappa shape index (κ2) is 5.47. The molecule has 0 N–H and O–H groups in total. The molecule has 0 saturated carbocycles. The molecule has 0 aliphatic carbocycles. The predicted octanol–water partition coefficient (Wildman–Crippen LogP) is 2.60. The van der Waals surface area contributed by atoms with E-state index in [4.69, 9.17) is 5.26 Å². The number of rotatable bonds is 3. The van der Waals surface area contributed by atoms with Gasteiger partial charge in [-0.3, -0.25) is 4.79 Å². The second-order valence-corrected chi connectivity index (χ2v) is 4.37. The third-order valence-electron chi connectivity index (χ3n) is 1.86. The fourth-order valence-electron chi connectivity index (χ4n) is 1.15. The van der Waals surface area contributed by atoms with E-state index in [2.05, 4.69) is 15.9 Å². The molecule has 0 bridgehead atoms. The molecule has 0 aromatic heterocycles. The first kappa shape index (κ1) is 12.5. The van der Waals surface area contributed by atoms with E-state index in [1.54, 1.807) is 43.3 Å². The molecule has 0 aliphatic heterocycles. The first-order chi connectivity index (χ1) is 7.54. The van der Waals surface area contributed by atoms with Crippen molar-refractivity contribution in [1.82, 2.24) is 4.90 Å². The average Bonchev–Trinajstić information content (AvgIpc) is 2.25. The van der Waals surface area contributed by atoms with Crippen molar-refractivity contribution in [3.63, 3.8) is 0 Å². The molecule has 82 valence electrons. The van der Waals surface area contributed by atoms with Gasteiger partial charge in [-0.2, -0.15) is 5.26 Å². The summed E-state index contributed by atoms with van der Waals surface area (Å²) in [7, 11) is 3.54. The Morgan fingerprint density at radius 1 is 1.38 bits per heavy atom. The van der Waals surface area contributed by atoms with E-state index < -0.39 is 0 Å². The molecule has 0 radical (unpaired) electrons. The van der Waals surface area contributed by atoms with Crippen LogP contribution in [-0.4, -0.2) is 24.8 Å². The van der Waals surface area contributed by atoms with E-state index in [1.165, 1.54) is 6.20 Å². The van der Waals surface area contributed by atoms with E-state index in [9.17, 15) is 4.79 Å². The molecule has 4 heteroatoms. The molecule has 0 unspecified atom stereocenters. The Morgan fingerprint density at radius 3 is 2.38 bits per heavy atom. The maximum absolute atomic E-state index is 11.9. The number of Topliss-reactive ketones (excluding diaryl/α,β-unsaturated/α-hetero) is 1. The highest BCUT2D eigenvalue weighted by molar-refractivity contribution is 9.10. The summed E-state index contributed by atoms with van der Waals surface area (Å²) in [4.78, 5) is 13.6. The van der Waals surface area contributed by atoms with Gasteiger partial charge in [0.15, 0.2) is 0 Å². The van der Waals surface area contributed by atoms with Crippen LogP contribution in [-0.2, 0) is 0 Å². The zero-order valence-electron chi connectivity index (χ0n) is 9.07. The summed E-state index contributed by atoms with van der Waals surface area (Å²) < 4.78 is 0.902. The first-order valence-electron chi connectivity index (χ1n) is 4.63. The molecular weight excluding hydrogens is 268 g/mol. The molecule has 1 rings (SSSR count). The minimum atomic E-state index is -0.260. The molecule has 0 aliphatic rings. The van der Waals surface area contributed by atoms with Crippen molar-refractivity contribution in [3.8, 4) is 6.07 Å². The summed E-state index contributed by atoms with van der Waals surface area (Å²) in [5.74, 6) is -0.260. The van der Waals surface area contributed by atoms with Crippen molar-refractivity contribution in [2.75, 3.05) is 14.1 Å². The molecule has 1 aromatic carbocycles. The molecule has 0 saturated heterocycles. The molecule has 0 fully saturated rings. The van der Waals surface area contributed by atoms with Crippen LogP contribution >= 0.6 is 15.9 Å². The van der Waals surface area contributed by atoms with Gasteiger partial charge in [-0.05, 0) is 24.3 Å². The van der Waals surface area contributed by atoms with Crippen molar-refractivity contribution in [2.45, 2.75) is 0 Å². The van der Waals surface area contributed by atoms with Gasteiger partial charge in [-0.1, -0.05) is 15.9 Å². The summed E-state index contributed by atoms with van der Waals surface area (Å²) in [6.45, 7) is 0. The highest BCUT2D eigenvalue weighted by Gasteiger charge is 2.11. The highest BCUT2D eigenvalue weighted by atomic mass is 79.9. The van der Waals surface area contributed by atoms with Gasteiger partial charge in [-0.15, -0.1) is 0 Å². The normalized spacial score (nSPS) is 10.8.